The first-order valence-corrected chi connectivity index (χ1v) is 51.1. The maximum Gasteiger partial charge on any atom is 0.418 e. The third-order valence-electron chi connectivity index (χ3n) is 23.6. The minimum Gasteiger partial charge on any atom is -0.296 e. The molecule has 2 aliphatic carbocycles. The van der Waals surface area contributed by atoms with E-state index >= 15 is 0 Å². The zero-order valence-corrected chi connectivity index (χ0v) is 82.8. The molecule has 20 rings (SSSR count). The van der Waals surface area contributed by atoms with Gasteiger partial charge in [-0.1, -0.05) is 77.7 Å². The summed E-state index contributed by atoms with van der Waals surface area (Å²) in [4.78, 5) is 40.7. The van der Waals surface area contributed by atoms with E-state index in [0.717, 1.165) is 123 Å². The molecular weight excluding hydrogens is 2080 g/mol. The molecule has 56 heteroatoms. The molecule has 0 aliphatic heterocycles. The number of nitrogens with zero attached hydrogens (tertiary/aromatic N) is 25. The molecule has 762 valence electrons. The third-order valence-corrected chi connectivity index (χ3v) is 31.2. The van der Waals surface area contributed by atoms with Crippen LogP contribution in [-0.2, 0) is 127 Å². The lowest BCUT2D eigenvalue weighted by atomic mass is 9.77. The van der Waals surface area contributed by atoms with Crippen molar-refractivity contribution in [3.05, 3.63) is 182 Å². The Bertz CT molecular complexity index is 8400. The van der Waals surface area contributed by atoms with Gasteiger partial charge in [-0.2, -0.15) is 128 Å². The Morgan fingerprint density at radius 1 is 0.354 bits per heavy atom. The summed E-state index contributed by atoms with van der Waals surface area (Å²) in [5.41, 5.74) is -0.966. The number of thioether (sulfide) groups is 2. The number of rotatable bonds is 15. The molecule has 0 radical (unpaired) electrons. The van der Waals surface area contributed by atoms with Crippen LogP contribution in [0.3, 0.4) is 0 Å². The van der Waals surface area contributed by atoms with Crippen LogP contribution in [0.1, 0.15) is 124 Å². The van der Waals surface area contributed by atoms with Crippen molar-refractivity contribution in [2.24, 2.45) is 40.7 Å². The van der Waals surface area contributed by atoms with E-state index in [1.54, 1.807) is 108 Å². The summed E-state index contributed by atoms with van der Waals surface area (Å²) < 4.78 is 327. The van der Waals surface area contributed by atoms with Gasteiger partial charge < -0.3 is 0 Å². The van der Waals surface area contributed by atoms with Gasteiger partial charge in [0.1, 0.15) is 43.2 Å². The van der Waals surface area contributed by atoms with Gasteiger partial charge in [0, 0.05) is 104 Å². The Hall–Kier alpha value is -12.5. The fraction of sp³-hybridized carbons (Fsp3) is 0.352. The zero-order chi connectivity index (χ0) is 105. The number of sulfone groups is 3. The topological polar surface area (TPSA) is 345 Å². The minimum atomic E-state index is -4.82. The fourth-order valence-corrected chi connectivity index (χ4v) is 22.1. The van der Waals surface area contributed by atoms with E-state index in [0.29, 0.717) is 104 Å². The SMILES string of the molecule is CCS(=O)(=O)c1c2c(nn1-c1nc3cc(C(F)(F)F)cnc3n1C)CC(C)(C)CC2.CCS(=O)(=O)c1c2c(nn1-c1nc3cc(C(F)(F)F)cnc3n1C)CCCC2.CCS(=O)(=O)c1c2cccc(C(F)(F)F)c2nn1-c1nc2cc(C(F)(F)F)cnc2n1C.CCSc1c2cc(Cl)ccc2nn1-c1nc2cc(C(F)(F)F)cnc2n1C.CCSc1c2ccc(Cl)cc2nn1-c1nc2cc(C(F)(F)F)cnc2n1C. The second-order valence-electron chi connectivity index (χ2n) is 33.8. The summed E-state index contributed by atoms with van der Waals surface area (Å²) >= 11 is 15.3. The van der Waals surface area contributed by atoms with Gasteiger partial charge in [-0.15, -0.1) is 23.5 Å². The molecule has 3 aromatic carbocycles. The number of imidazole rings is 5. The van der Waals surface area contributed by atoms with Crippen LogP contribution in [0, 0.1) is 5.41 Å². The summed E-state index contributed by atoms with van der Waals surface area (Å²) in [5.74, 6) is 1.63. The molecule has 15 aromatic heterocycles. The Morgan fingerprint density at radius 2 is 0.694 bits per heavy atom. The summed E-state index contributed by atoms with van der Waals surface area (Å²) in [7, 11) is -3.50. The maximum atomic E-state index is 13.5. The van der Waals surface area contributed by atoms with Gasteiger partial charge in [0.05, 0.1) is 73.1 Å². The summed E-state index contributed by atoms with van der Waals surface area (Å²) in [6.07, 6.45) is -18.8. The van der Waals surface area contributed by atoms with Crippen molar-refractivity contribution >= 4 is 165 Å². The van der Waals surface area contributed by atoms with Crippen molar-refractivity contribution in [2.45, 2.75) is 156 Å². The maximum absolute atomic E-state index is 13.5. The molecule has 144 heavy (non-hydrogen) atoms. The quantitative estimate of drug-likeness (QED) is 0.0679. The van der Waals surface area contributed by atoms with E-state index in [-0.39, 0.29) is 94.7 Å². The monoisotopic (exact) mass is 2150 g/mol. The number of pyridine rings is 5. The van der Waals surface area contributed by atoms with Crippen LogP contribution < -0.4 is 0 Å². The number of alkyl halides is 18. The Kier molecular flexibility index (Phi) is 27.6. The molecule has 0 saturated heterocycles. The van der Waals surface area contributed by atoms with Gasteiger partial charge in [0.25, 0.3) is 0 Å². The van der Waals surface area contributed by atoms with Crippen LogP contribution in [0.25, 0.3) is 118 Å². The Balaban J connectivity index is 0.000000129. The molecule has 18 aromatic rings. The van der Waals surface area contributed by atoms with E-state index in [1.165, 1.54) is 38.5 Å². The van der Waals surface area contributed by atoms with Crippen LogP contribution >= 0.6 is 46.7 Å². The highest BCUT2D eigenvalue weighted by atomic mass is 35.5. The number of hydrogen-bond acceptors (Lipinski definition) is 23. The predicted molar refractivity (Wildman–Crippen MR) is 499 cm³/mol. The second-order valence-corrected chi connectivity index (χ2v) is 43.7. The largest absolute Gasteiger partial charge is 0.418 e. The number of aryl methyl sites for hydroxylation is 6. The molecule has 0 bridgehead atoms. The fourth-order valence-electron chi connectivity index (χ4n) is 16.4. The standard InChI is InChI=1S/C19H22F3N5O2S.C18H13F6N5O2S.2C17H13ClF3N5S.C17H18F3N5O2S/c1-5-30(28,29)16-12-6-7-18(2,3)9-14(12)25-27(16)17-24-13-8-11(19(20,21)22)10-23-15(13)26(17)4;1-3-32(30,31)15-10-5-4-6-11(18(22,23)24)13(10)27-29(15)16-26-12-7-9(17(19,20)21)8-25-14(12)28(16)2;1-3-27-15-11-7-10(18)4-5-12(11)24-26(15)16-23-13-6-9(17(19,20)21)8-22-14(13)25(16)2;1-3-27-15-11-5-4-10(18)7-12(11)24-26(15)16-23-13-6-9(17(19,20)21)8-22-14(13)25(16)2;1-3-28(26,27)15-11-6-4-5-7-12(11)23-25(15)16-22-13-8-10(17(18,19)20)9-21-14(13)24(16)2/h8,10H,5-7,9H2,1-4H3;4-8H,3H2,1-2H3;2*4-8H,3H2,1-2H3;8-9H,3-7H2,1-2H3. The van der Waals surface area contributed by atoms with Crippen molar-refractivity contribution < 1.29 is 104 Å². The second kappa shape index (κ2) is 38.1. The highest BCUT2D eigenvalue weighted by molar-refractivity contribution is 7.99. The lowest BCUT2D eigenvalue weighted by Crippen LogP contribution is -2.22. The first-order valence-electron chi connectivity index (χ1n) is 43.4. The molecule has 31 nitrogen and oxygen atoms in total. The zero-order valence-electron chi connectivity index (χ0n) is 77.2. The van der Waals surface area contributed by atoms with Gasteiger partial charge in [0.15, 0.2) is 72.8 Å². The Morgan fingerprint density at radius 3 is 1.08 bits per heavy atom. The van der Waals surface area contributed by atoms with E-state index in [1.807, 2.05) is 26.0 Å². The highest BCUT2D eigenvalue weighted by Gasteiger charge is 2.43. The molecule has 0 unspecified atom stereocenters. The van der Waals surface area contributed by atoms with E-state index in [4.69, 9.17) is 23.2 Å². The molecule has 0 atom stereocenters. The molecule has 2 aliphatic rings. The first-order chi connectivity index (χ1) is 67.3. The van der Waals surface area contributed by atoms with Crippen LogP contribution in [0.2, 0.25) is 10.0 Å². The van der Waals surface area contributed by atoms with Gasteiger partial charge in [-0.3, -0.25) is 22.8 Å². The van der Waals surface area contributed by atoms with Crippen LogP contribution in [0.5, 0.6) is 0 Å². The predicted octanol–water partition coefficient (Wildman–Crippen LogP) is 20.6. The minimum absolute atomic E-state index is 0.0189. The van der Waals surface area contributed by atoms with Crippen LogP contribution in [-0.4, -0.2) is 176 Å². The van der Waals surface area contributed by atoms with E-state index in [9.17, 15) is 104 Å². The van der Waals surface area contributed by atoms with Gasteiger partial charge in [0.2, 0.25) is 29.7 Å². The molecule has 0 spiro atoms. The third kappa shape index (κ3) is 19.9. The summed E-state index contributed by atoms with van der Waals surface area (Å²) in [6.45, 7) is 12.6. The molecule has 0 fully saturated rings. The number of hydrogen-bond donors (Lipinski definition) is 0. The van der Waals surface area contributed by atoms with Crippen molar-refractivity contribution in [3.8, 4) is 29.7 Å². The van der Waals surface area contributed by atoms with Gasteiger partial charge in [-0.05, 0) is 141 Å². The average molecular weight is 2160 g/mol. The number of aromatic nitrogens is 25. The summed E-state index contributed by atoms with van der Waals surface area (Å²) in [5, 5.41) is 26.0. The number of halogens is 20. The lowest BCUT2D eigenvalue weighted by molar-refractivity contribution is -0.138. The smallest absolute Gasteiger partial charge is 0.296 e. The van der Waals surface area contributed by atoms with Crippen LogP contribution in [0.4, 0.5) is 79.0 Å². The molecule has 0 N–H and O–H groups in total. The van der Waals surface area contributed by atoms with E-state index < -0.39 is 116 Å². The van der Waals surface area contributed by atoms with Crippen molar-refractivity contribution in [1.82, 2.24) is 122 Å². The summed E-state index contributed by atoms with van der Waals surface area (Å²) in [6, 6.07) is 18.3. The van der Waals surface area contributed by atoms with Gasteiger partial charge in [-0.25, -0.2) is 75.1 Å². The number of fused-ring (bicyclic) bond motifs is 10. The van der Waals surface area contributed by atoms with Gasteiger partial charge >= 0.3 is 37.1 Å². The molecule has 0 saturated carbocycles. The van der Waals surface area contributed by atoms with Crippen LogP contribution in [0.15, 0.2) is 141 Å². The highest BCUT2D eigenvalue weighted by Crippen LogP contribution is 2.45. The van der Waals surface area contributed by atoms with E-state index in [2.05, 4.69) is 89.2 Å². The normalized spacial score (nSPS) is 14.1. The van der Waals surface area contributed by atoms with Crippen molar-refractivity contribution in [3.63, 3.8) is 0 Å². The van der Waals surface area contributed by atoms with Crippen molar-refractivity contribution in [1.29, 1.82) is 0 Å². The first kappa shape index (κ1) is 104. The van der Waals surface area contributed by atoms with Crippen molar-refractivity contribution in [2.75, 3.05) is 28.8 Å². The molecule has 0 amide bonds. The average Bonchev–Trinajstić information content (AvgIpc) is 1.54. The lowest BCUT2D eigenvalue weighted by Gasteiger charge is -2.28. The molecular formula is C88H79Cl2F18N25O6S5. The Labute approximate surface area is 822 Å². The number of benzene rings is 3. The molecule has 15 heterocycles.